The lowest BCUT2D eigenvalue weighted by atomic mass is 10.3. The third-order valence-electron chi connectivity index (χ3n) is 1.67. The van der Waals surface area contributed by atoms with Gasteiger partial charge in [-0.15, -0.1) is 0 Å². The first-order chi connectivity index (χ1) is 7.72. The number of anilines is 1. The summed E-state index contributed by atoms with van der Waals surface area (Å²) >= 11 is 0. The van der Waals surface area contributed by atoms with Crippen LogP contribution in [-0.2, 0) is 11.3 Å². The first kappa shape index (κ1) is 13.6. The van der Waals surface area contributed by atoms with Crippen molar-refractivity contribution in [2.24, 2.45) is 0 Å². The van der Waals surface area contributed by atoms with Crippen LogP contribution in [0.1, 0.15) is 5.69 Å². The van der Waals surface area contributed by atoms with Gasteiger partial charge in [0, 0.05) is 0 Å². The number of halogens is 5. The van der Waals surface area contributed by atoms with Gasteiger partial charge in [0.15, 0.2) is 0 Å². The Morgan fingerprint density at radius 2 is 1.76 bits per heavy atom. The SMILES string of the molecule is Nc1cnc(COCC(F)(F)C(F)(F)F)cn1. The van der Waals surface area contributed by atoms with Crippen molar-refractivity contribution in [2.75, 3.05) is 12.3 Å². The van der Waals surface area contributed by atoms with E-state index in [-0.39, 0.29) is 11.5 Å². The van der Waals surface area contributed by atoms with Gasteiger partial charge in [-0.1, -0.05) is 0 Å². The monoisotopic (exact) mass is 257 g/mol. The minimum atomic E-state index is -5.63. The molecule has 1 aromatic heterocycles. The Balaban J connectivity index is 2.45. The van der Waals surface area contributed by atoms with Crippen LogP contribution in [0.5, 0.6) is 0 Å². The molecule has 0 aliphatic heterocycles. The first-order valence-corrected chi connectivity index (χ1v) is 4.31. The normalized spacial score (nSPS) is 12.8. The molecule has 9 heteroatoms. The fraction of sp³-hybridized carbons (Fsp3) is 0.500. The van der Waals surface area contributed by atoms with Gasteiger partial charge in [-0.2, -0.15) is 22.0 Å². The molecule has 0 amide bonds. The number of nitrogens with two attached hydrogens (primary N) is 1. The lowest BCUT2D eigenvalue weighted by Crippen LogP contribution is -2.40. The fourth-order valence-electron chi connectivity index (χ4n) is 0.805. The second-order valence-corrected chi connectivity index (χ2v) is 3.13. The van der Waals surface area contributed by atoms with Crippen molar-refractivity contribution in [1.82, 2.24) is 9.97 Å². The average Bonchev–Trinajstić information content (AvgIpc) is 2.19. The summed E-state index contributed by atoms with van der Waals surface area (Å²) in [6, 6.07) is 0. The van der Waals surface area contributed by atoms with Crippen LogP contribution < -0.4 is 5.73 Å². The molecule has 0 spiro atoms. The molecule has 0 aromatic carbocycles. The Bertz CT molecular complexity index is 364. The van der Waals surface area contributed by atoms with E-state index < -0.39 is 25.3 Å². The van der Waals surface area contributed by atoms with E-state index >= 15 is 0 Å². The van der Waals surface area contributed by atoms with Crippen molar-refractivity contribution >= 4 is 5.82 Å². The largest absolute Gasteiger partial charge is 0.455 e. The highest BCUT2D eigenvalue weighted by atomic mass is 19.4. The van der Waals surface area contributed by atoms with E-state index in [0.717, 1.165) is 12.4 Å². The molecule has 0 aliphatic carbocycles. The molecular formula is C8H8F5N3O. The average molecular weight is 257 g/mol. The molecule has 0 saturated heterocycles. The van der Waals surface area contributed by atoms with Crippen molar-refractivity contribution in [2.45, 2.75) is 18.7 Å². The minimum Gasteiger partial charge on any atom is -0.382 e. The lowest BCUT2D eigenvalue weighted by molar-refractivity contribution is -0.297. The molecule has 0 unspecified atom stereocenters. The molecule has 0 atom stereocenters. The number of ether oxygens (including phenoxy) is 1. The Morgan fingerprint density at radius 1 is 1.12 bits per heavy atom. The van der Waals surface area contributed by atoms with Crippen LogP contribution in [0.3, 0.4) is 0 Å². The molecular weight excluding hydrogens is 249 g/mol. The van der Waals surface area contributed by atoms with Gasteiger partial charge < -0.3 is 10.5 Å². The van der Waals surface area contributed by atoms with Crippen LogP contribution in [0, 0.1) is 0 Å². The van der Waals surface area contributed by atoms with E-state index in [0.29, 0.717) is 0 Å². The number of rotatable bonds is 4. The number of alkyl halides is 5. The van der Waals surface area contributed by atoms with Crippen LogP contribution in [0.4, 0.5) is 27.8 Å². The zero-order chi connectivity index (χ0) is 13.1. The van der Waals surface area contributed by atoms with E-state index in [1.165, 1.54) is 0 Å². The molecule has 2 N–H and O–H groups in total. The Labute approximate surface area is 92.6 Å². The second-order valence-electron chi connectivity index (χ2n) is 3.13. The summed E-state index contributed by atoms with van der Waals surface area (Å²) in [4.78, 5) is 7.19. The first-order valence-electron chi connectivity index (χ1n) is 4.31. The molecule has 0 bridgehead atoms. The van der Waals surface area contributed by atoms with E-state index in [2.05, 4.69) is 14.7 Å². The van der Waals surface area contributed by atoms with Gasteiger partial charge >= 0.3 is 12.1 Å². The minimum absolute atomic E-state index is 0.106. The maximum absolute atomic E-state index is 12.4. The van der Waals surface area contributed by atoms with E-state index in [4.69, 9.17) is 5.73 Å². The van der Waals surface area contributed by atoms with Gasteiger partial charge in [-0.25, -0.2) is 4.98 Å². The molecule has 1 aromatic rings. The Hall–Kier alpha value is -1.51. The molecule has 0 aliphatic rings. The van der Waals surface area contributed by atoms with Gasteiger partial charge in [-0.3, -0.25) is 4.98 Å². The van der Waals surface area contributed by atoms with Crippen molar-refractivity contribution in [3.8, 4) is 0 Å². The zero-order valence-electron chi connectivity index (χ0n) is 8.34. The summed E-state index contributed by atoms with van der Waals surface area (Å²) in [5.74, 6) is -4.77. The molecule has 0 saturated carbocycles. The Morgan fingerprint density at radius 3 is 2.24 bits per heavy atom. The van der Waals surface area contributed by atoms with Crippen LogP contribution in [0.25, 0.3) is 0 Å². The van der Waals surface area contributed by atoms with Crippen LogP contribution in [0.15, 0.2) is 12.4 Å². The number of hydrogen-bond donors (Lipinski definition) is 1. The topological polar surface area (TPSA) is 61.0 Å². The lowest BCUT2D eigenvalue weighted by Gasteiger charge is -2.19. The molecule has 1 heterocycles. The molecule has 17 heavy (non-hydrogen) atoms. The smallest absolute Gasteiger partial charge is 0.382 e. The number of nitrogen functional groups attached to an aromatic ring is 1. The van der Waals surface area contributed by atoms with Gasteiger partial charge in [0.05, 0.1) is 24.7 Å². The van der Waals surface area contributed by atoms with Gasteiger partial charge in [0.1, 0.15) is 12.4 Å². The van der Waals surface area contributed by atoms with Crippen molar-refractivity contribution < 1.29 is 26.7 Å². The van der Waals surface area contributed by atoms with E-state index in [9.17, 15) is 22.0 Å². The van der Waals surface area contributed by atoms with Crippen molar-refractivity contribution in [1.29, 1.82) is 0 Å². The molecule has 96 valence electrons. The maximum atomic E-state index is 12.4. The van der Waals surface area contributed by atoms with Crippen molar-refractivity contribution in [3.63, 3.8) is 0 Å². The summed E-state index contributed by atoms with van der Waals surface area (Å²) in [7, 11) is 0. The Kier molecular flexibility index (Phi) is 3.81. The predicted molar refractivity (Wildman–Crippen MR) is 47.1 cm³/mol. The number of hydrogen-bond acceptors (Lipinski definition) is 4. The second kappa shape index (κ2) is 4.78. The molecule has 1 rings (SSSR count). The third-order valence-corrected chi connectivity index (χ3v) is 1.67. The van der Waals surface area contributed by atoms with Crippen LogP contribution >= 0.6 is 0 Å². The highest BCUT2D eigenvalue weighted by Gasteiger charge is 2.57. The van der Waals surface area contributed by atoms with Crippen molar-refractivity contribution in [3.05, 3.63) is 18.1 Å². The highest BCUT2D eigenvalue weighted by molar-refractivity contribution is 5.22. The number of aromatic nitrogens is 2. The summed E-state index contributed by atoms with van der Waals surface area (Å²) in [6.45, 7) is -2.26. The van der Waals surface area contributed by atoms with Gasteiger partial charge in [0.25, 0.3) is 0 Å². The maximum Gasteiger partial charge on any atom is 0.455 e. The predicted octanol–water partition coefficient (Wildman–Crippen LogP) is 1.77. The van der Waals surface area contributed by atoms with Gasteiger partial charge in [-0.05, 0) is 0 Å². The molecule has 4 nitrogen and oxygen atoms in total. The highest BCUT2D eigenvalue weighted by Crippen LogP contribution is 2.35. The quantitative estimate of drug-likeness (QED) is 0.835. The summed E-state index contributed by atoms with van der Waals surface area (Å²) in [5, 5.41) is 0. The van der Waals surface area contributed by atoms with Crippen LogP contribution in [0.2, 0.25) is 0 Å². The summed E-state index contributed by atoms with van der Waals surface area (Å²) in [5.41, 5.74) is 5.31. The standard InChI is InChI=1S/C8H8F5N3O/c9-7(10,8(11,12)13)4-17-3-5-1-16-6(14)2-15-5/h1-2H,3-4H2,(H2,14,16). The summed E-state index contributed by atoms with van der Waals surface area (Å²) in [6.07, 6.45) is -3.36. The van der Waals surface area contributed by atoms with Crippen LogP contribution in [-0.4, -0.2) is 28.7 Å². The fourth-order valence-corrected chi connectivity index (χ4v) is 0.805. The van der Waals surface area contributed by atoms with E-state index in [1.54, 1.807) is 0 Å². The summed E-state index contributed by atoms with van der Waals surface area (Å²) < 4.78 is 64.2. The molecule has 0 fully saturated rings. The number of nitrogens with zero attached hydrogens (tertiary/aromatic N) is 2. The van der Waals surface area contributed by atoms with E-state index in [1.807, 2.05) is 0 Å². The molecule has 0 radical (unpaired) electrons. The third kappa shape index (κ3) is 3.77. The zero-order valence-corrected chi connectivity index (χ0v) is 8.34. The van der Waals surface area contributed by atoms with Gasteiger partial charge in [0.2, 0.25) is 0 Å².